The number of aromatic nitrogens is 2. The molecule has 1 aromatic carbocycles. The summed E-state index contributed by atoms with van der Waals surface area (Å²) in [6.07, 6.45) is 2.93. The number of nitrogens with one attached hydrogen (secondary N) is 3. The molecule has 0 aliphatic carbocycles. The molecule has 0 aliphatic heterocycles. The molecule has 1 aromatic heterocycles. The Morgan fingerprint density at radius 3 is 2.76 bits per heavy atom. The quantitative estimate of drug-likeness (QED) is 0.712. The van der Waals surface area contributed by atoms with E-state index in [9.17, 15) is 12.8 Å². The zero-order valence-corrected chi connectivity index (χ0v) is 13.6. The predicted octanol–water partition coefficient (Wildman–Crippen LogP) is 1.51. The van der Waals surface area contributed by atoms with Crippen LogP contribution in [0.4, 0.5) is 4.39 Å². The first-order valence-corrected chi connectivity index (χ1v) is 8.31. The lowest BCUT2D eigenvalue weighted by molar-refractivity contribution is 0.545. The Labute approximate surface area is 130 Å². The van der Waals surface area contributed by atoms with Crippen molar-refractivity contribution in [2.45, 2.75) is 18.0 Å². The predicted molar refractivity (Wildman–Crippen MR) is 79.5 cm³/mol. The average molecular weight is 377 g/mol. The Hall–Kier alpha value is -1.29. The highest BCUT2D eigenvalue weighted by atomic mass is 79.9. The van der Waals surface area contributed by atoms with Gasteiger partial charge in [-0.3, -0.25) is 0 Å². The van der Waals surface area contributed by atoms with E-state index in [1.54, 1.807) is 13.1 Å². The molecule has 21 heavy (non-hydrogen) atoms. The highest BCUT2D eigenvalue weighted by molar-refractivity contribution is 9.10. The van der Waals surface area contributed by atoms with Crippen LogP contribution < -0.4 is 10.0 Å². The molecule has 0 amide bonds. The third kappa shape index (κ3) is 3.88. The van der Waals surface area contributed by atoms with Gasteiger partial charge in [-0.2, -0.15) is 0 Å². The molecule has 3 N–H and O–H groups in total. The molecule has 0 aliphatic rings. The molecule has 0 bridgehead atoms. The van der Waals surface area contributed by atoms with Crippen molar-refractivity contribution in [2.75, 3.05) is 7.05 Å². The second kappa shape index (κ2) is 6.65. The summed E-state index contributed by atoms with van der Waals surface area (Å²) in [4.78, 5) is 6.17. The van der Waals surface area contributed by atoms with Crippen LogP contribution in [0.2, 0.25) is 0 Å². The first-order chi connectivity index (χ1) is 9.94. The minimum atomic E-state index is -3.96. The van der Waals surface area contributed by atoms with Gasteiger partial charge in [0.1, 0.15) is 10.7 Å². The molecule has 2 rings (SSSR count). The maximum absolute atomic E-state index is 14.3. The molecule has 0 fully saturated rings. The van der Waals surface area contributed by atoms with Crippen molar-refractivity contribution in [3.05, 3.63) is 46.2 Å². The van der Waals surface area contributed by atoms with Crippen LogP contribution in [-0.2, 0) is 23.1 Å². The summed E-state index contributed by atoms with van der Waals surface area (Å²) in [5.41, 5.74) is 0.859. The number of benzene rings is 1. The topological polar surface area (TPSA) is 86.9 Å². The van der Waals surface area contributed by atoms with Crippen LogP contribution in [0.15, 0.2) is 34.0 Å². The van der Waals surface area contributed by atoms with Crippen LogP contribution >= 0.6 is 15.9 Å². The number of nitrogens with zero attached hydrogens (tertiary/aromatic N) is 1. The summed E-state index contributed by atoms with van der Waals surface area (Å²) in [5.74, 6) is -0.760. The van der Waals surface area contributed by atoms with Crippen LogP contribution in [0.5, 0.6) is 0 Å². The Morgan fingerprint density at radius 1 is 1.38 bits per heavy atom. The van der Waals surface area contributed by atoms with Crippen molar-refractivity contribution in [2.24, 2.45) is 0 Å². The molecule has 114 valence electrons. The first-order valence-electron chi connectivity index (χ1n) is 6.03. The molecular weight excluding hydrogens is 363 g/mol. The van der Waals surface area contributed by atoms with Gasteiger partial charge in [0.05, 0.1) is 12.9 Å². The minimum absolute atomic E-state index is 0.00957. The van der Waals surface area contributed by atoms with Crippen molar-refractivity contribution >= 4 is 26.0 Å². The van der Waals surface area contributed by atoms with Crippen LogP contribution in [0.1, 0.15) is 11.3 Å². The van der Waals surface area contributed by atoms with Crippen molar-refractivity contribution < 1.29 is 12.8 Å². The molecule has 0 unspecified atom stereocenters. The number of imidazole rings is 1. The largest absolute Gasteiger partial charge is 0.347 e. The lowest BCUT2D eigenvalue weighted by Gasteiger charge is -2.11. The Balaban J connectivity index is 2.30. The van der Waals surface area contributed by atoms with Crippen molar-refractivity contribution in [1.82, 2.24) is 20.0 Å². The van der Waals surface area contributed by atoms with Gasteiger partial charge in [0.15, 0.2) is 0 Å². The van der Waals surface area contributed by atoms with Crippen LogP contribution in [-0.4, -0.2) is 25.4 Å². The molecule has 6 nitrogen and oxygen atoms in total. The van der Waals surface area contributed by atoms with Gasteiger partial charge in [-0.05, 0) is 19.2 Å². The van der Waals surface area contributed by atoms with E-state index in [-0.39, 0.29) is 23.5 Å². The van der Waals surface area contributed by atoms with Gasteiger partial charge in [-0.25, -0.2) is 22.5 Å². The molecular formula is C12H14BrFN4O2S. The molecule has 1 heterocycles. The van der Waals surface area contributed by atoms with E-state index in [4.69, 9.17) is 0 Å². The summed E-state index contributed by atoms with van der Waals surface area (Å²) in [7, 11) is -2.30. The van der Waals surface area contributed by atoms with E-state index in [2.05, 4.69) is 35.9 Å². The highest BCUT2D eigenvalue weighted by Gasteiger charge is 2.22. The molecule has 0 atom stereocenters. The summed E-state index contributed by atoms with van der Waals surface area (Å²) in [6.45, 7) is 0.240. The number of sulfonamides is 1. The van der Waals surface area contributed by atoms with Gasteiger partial charge in [0.2, 0.25) is 10.0 Å². The number of hydrogen-bond acceptors (Lipinski definition) is 4. The lowest BCUT2D eigenvalue weighted by atomic mass is 10.2. The number of aromatic amines is 1. The highest BCUT2D eigenvalue weighted by Crippen LogP contribution is 2.24. The van der Waals surface area contributed by atoms with Crippen molar-refractivity contribution in [3.8, 4) is 0 Å². The van der Waals surface area contributed by atoms with E-state index in [1.807, 2.05) is 0 Å². The van der Waals surface area contributed by atoms with E-state index in [0.717, 1.165) is 0 Å². The third-order valence-electron chi connectivity index (χ3n) is 2.74. The zero-order chi connectivity index (χ0) is 15.5. The number of rotatable bonds is 6. The van der Waals surface area contributed by atoms with Gasteiger partial charge >= 0.3 is 0 Å². The van der Waals surface area contributed by atoms with Crippen molar-refractivity contribution in [1.29, 1.82) is 0 Å². The Kier molecular flexibility index (Phi) is 5.09. The summed E-state index contributed by atoms with van der Waals surface area (Å²) in [6, 6.07) is 2.78. The number of hydrogen-bond donors (Lipinski definition) is 3. The fraction of sp³-hybridized carbons (Fsp3) is 0.250. The second-order valence-corrected chi connectivity index (χ2v) is 6.96. The normalized spacial score (nSPS) is 11.8. The standard InChI is InChI=1S/C12H14BrFN4O2S/c1-15-4-8-2-9(13)3-11(12(8)14)21(19,20)18-6-10-5-16-7-17-10/h2-3,5,7,15,18H,4,6H2,1H3,(H,16,17). The van der Waals surface area contributed by atoms with E-state index in [0.29, 0.717) is 10.2 Å². The molecule has 0 saturated heterocycles. The van der Waals surface area contributed by atoms with E-state index < -0.39 is 15.8 Å². The molecule has 0 saturated carbocycles. The summed E-state index contributed by atoms with van der Waals surface area (Å²) < 4.78 is 41.6. The van der Waals surface area contributed by atoms with Gasteiger partial charge in [-0.1, -0.05) is 15.9 Å². The maximum Gasteiger partial charge on any atom is 0.243 e. The minimum Gasteiger partial charge on any atom is -0.347 e. The lowest BCUT2D eigenvalue weighted by Crippen LogP contribution is -2.25. The first kappa shape index (κ1) is 16.1. The van der Waals surface area contributed by atoms with Gasteiger partial charge < -0.3 is 10.3 Å². The second-order valence-electron chi connectivity index (χ2n) is 4.31. The fourth-order valence-corrected chi connectivity index (χ4v) is 3.57. The van der Waals surface area contributed by atoms with Gasteiger partial charge in [-0.15, -0.1) is 0 Å². The molecule has 9 heteroatoms. The van der Waals surface area contributed by atoms with Crippen LogP contribution in [0.3, 0.4) is 0 Å². The van der Waals surface area contributed by atoms with E-state index in [1.165, 1.54) is 18.6 Å². The molecule has 2 aromatic rings. The number of halogens is 2. The monoisotopic (exact) mass is 376 g/mol. The van der Waals surface area contributed by atoms with Crippen molar-refractivity contribution in [3.63, 3.8) is 0 Å². The van der Waals surface area contributed by atoms with Crippen LogP contribution in [0, 0.1) is 5.82 Å². The van der Waals surface area contributed by atoms with Gasteiger partial charge in [0.25, 0.3) is 0 Å². The average Bonchev–Trinajstić information content (AvgIpc) is 2.94. The zero-order valence-electron chi connectivity index (χ0n) is 11.2. The molecule has 0 spiro atoms. The number of H-pyrrole nitrogens is 1. The Bertz CT molecular complexity index is 719. The van der Waals surface area contributed by atoms with Crippen LogP contribution in [0.25, 0.3) is 0 Å². The molecule has 0 radical (unpaired) electrons. The van der Waals surface area contributed by atoms with Gasteiger partial charge in [0, 0.05) is 28.5 Å². The fourth-order valence-electron chi connectivity index (χ4n) is 1.76. The summed E-state index contributed by atoms with van der Waals surface area (Å²) >= 11 is 3.20. The summed E-state index contributed by atoms with van der Waals surface area (Å²) in [5, 5.41) is 2.80. The third-order valence-corrected chi connectivity index (χ3v) is 4.60. The van der Waals surface area contributed by atoms with E-state index >= 15 is 0 Å². The maximum atomic E-state index is 14.3. The SMILES string of the molecule is CNCc1cc(Br)cc(S(=O)(=O)NCc2cnc[nH]2)c1F. The smallest absolute Gasteiger partial charge is 0.243 e. The Morgan fingerprint density at radius 2 is 2.14 bits per heavy atom.